The van der Waals surface area contributed by atoms with Gasteiger partial charge in [0.15, 0.2) is 0 Å². The molecule has 1 saturated carbocycles. The molecule has 0 spiro atoms. The Morgan fingerprint density at radius 3 is 2.80 bits per heavy atom. The lowest BCUT2D eigenvalue weighted by Crippen LogP contribution is -2.35. The van der Waals surface area contributed by atoms with E-state index in [2.05, 4.69) is 21.2 Å². The molecule has 1 N–H and O–H groups in total. The van der Waals surface area contributed by atoms with E-state index >= 15 is 0 Å². The highest BCUT2D eigenvalue weighted by molar-refractivity contribution is 9.10. The lowest BCUT2D eigenvalue weighted by Gasteiger charge is -2.16. The first kappa shape index (κ1) is 13.3. The summed E-state index contributed by atoms with van der Waals surface area (Å²) in [5.41, 5.74) is 0.981. The third kappa shape index (κ3) is 2.47. The zero-order valence-corrected chi connectivity index (χ0v) is 12.3. The molecule has 1 aromatic rings. The second-order valence-corrected chi connectivity index (χ2v) is 5.95. The molecule has 2 aliphatic rings. The highest BCUT2D eigenvalue weighted by Crippen LogP contribution is 2.31. The zero-order valence-electron chi connectivity index (χ0n) is 10.7. The Morgan fingerprint density at radius 1 is 1.35 bits per heavy atom. The van der Waals surface area contributed by atoms with Gasteiger partial charge in [-0.1, -0.05) is 15.9 Å². The van der Waals surface area contributed by atoms with Crippen molar-refractivity contribution in [3.05, 3.63) is 28.2 Å². The van der Waals surface area contributed by atoms with Gasteiger partial charge in [0.2, 0.25) is 5.91 Å². The van der Waals surface area contributed by atoms with Gasteiger partial charge in [-0.3, -0.25) is 14.4 Å². The van der Waals surface area contributed by atoms with Crippen molar-refractivity contribution in [2.75, 3.05) is 11.4 Å². The number of carbonyl (C=O) groups excluding carboxylic acids is 3. The second kappa shape index (κ2) is 5.01. The molecule has 0 saturated heterocycles. The van der Waals surface area contributed by atoms with Crippen molar-refractivity contribution in [1.82, 2.24) is 5.32 Å². The first-order valence-corrected chi connectivity index (χ1v) is 7.30. The average Bonchev–Trinajstić information content (AvgIpc) is 3.18. The number of benzene rings is 1. The van der Waals surface area contributed by atoms with E-state index in [1.54, 1.807) is 18.2 Å². The smallest absolute Gasteiger partial charge is 0.299 e. The third-order valence-electron chi connectivity index (χ3n) is 3.44. The summed E-state index contributed by atoms with van der Waals surface area (Å²) >= 11 is 3.32. The molecule has 1 heterocycles. The number of rotatable bonds is 4. The standard InChI is InChI=1S/C14H13BrN2O3/c15-8-1-4-10-11(7-8)17(14(20)13(10)19)6-5-12(18)16-9-2-3-9/h1,4,7,9H,2-3,5-6H2,(H,16,18). The van der Waals surface area contributed by atoms with Crippen molar-refractivity contribution in [2.24, 2.45) is 0 Å². The lowest BCUT2D eigenvalue weighted by molar-refractivity contribution is -0.121. The second-order valence-electron chi connectivity index (χ2n) is 5.04. The van der Waals surface area contributed by atoms with Gasteiger partial charge < -0.3 is 10.2 Å². The fourth-order valence-corrected chi connectivity index (χ4v) is 2.58. The molecule has 0 atom stereocenters. The van der Waals surface area contributed by atoms with E-state index in [1.807, 2.05) is 0 Å². The monoisotopic (exact) mass is 336 g/mol. The summed E-state index contributed by atoms with van der Waals surface area (Å²) in [6.45, 7) is 0.229. The van der Waals surface area contributed by atoms with E-state index in [4.69, 9.17) is 0 Å². The van der Waals surface area contributed by atoms with E-state index in [1.165, 1.54) is 4.90 Å². The van der Waals surface area contributed by atoms with Crippen molar-refractivity contribution < 1.29 is 14.4 Å². The maximum absolute atomic E-state index is 11.9. The highest BCUT2D eigenvalue weighted by Gasteiger charge is 2.36. The molecule has 20 heavy (non-hydrogen) atoms. The van der Waals surface area contributed by atoms with Crippen LogP contribution in [-0.2, 0) is 9.59 Å². The van der Waals surface area contributed by atoms with Crippen LogP contribution in [0.15, 0.2) is 22.7 Å². The van der Waals surface area contributed by atoms with Crippen LogP contribution >= 0.6 is 15.9 Å². The summed E-state index contributed by atoms with van der Waals surface area (Å²) in [6.07, 6.45) is 2.27. The number of nitrogens with one attached hydrogen (secondary N) is 1. The predicted octanol–water partition coefficient (Wildman–Crippen LogP) is 1.65. The van der Waals surface area contributed by atoms with Crippen molar-refractivity contribution in [2.45, 2.75) is 25.3 Å². The van der Waals surface area contributed by atoms with Crippen LogP contribution in [0.3, 0.4) is 0 Å². The molecule has 1 fully saturated rings. The molecule has 1 aromatic carbocycles. The zero-order chi connectivity index (χ0) is 14.3. The van der Waals surface area contributed by atoms with E-state index in [9.17, 15) is 14.4 Å². The topological polar surface area (TPSA) is 66.5 Å². The number of ketones is 1. The van der Waals surface area contributed by atoms with Gasteiger partial charge in [0.25, 0.3) is 11.7 Å². The van der Waals surface area contributed by atoms with Gasteiger partial charge in [0.1, 0.15) is 0 Å². The molecule has 6 heteroatoms. The summed E-state index contributed by atoms with van der Waals surface area (Å²) in [5.74, 6) is -1.14. The summed E-state index contributed by atoms with van der Waals surface area (Å²) in [6, 6.07) is 5.40. The van der Waals surface area contributed by atoms with Gasteiger partial charge in [-0.25, -0.2) is 0 Å². The minimum Gasteiger partial charge on any atom is -0.353 e. The number of hydrogen-bond acceptors (Lipinski definition) is 3. The van der Waals surface area contributed by atoms with Crippen LogP contribution in [-0.4, -0.2) is 30.2 Å². The largest absolute Gasteiger partial charge is 0.353 e. The summed E-state index contributed by atoms with van der Waals surface area (Å²) < 4.78 is 0.797. The molecule has 3 rings (SSSR count). The number of hydrogen-bond donors (Lipinski definition) is 1. The molecule has 0 aromatic heterocycles. The first-order chi connectivity index (χ1) is 9.56. The predicted molar refractivity (Wildman–Crippen MR) is 76.6 cm³/mol. The van der Waals surface area contributed by atoms with E-state index in [0.29, 0.717) is 17.3 Å². The number of Topliss-reactive ketones (excluding diaryl/α,β-unsaturated/α-hetero) is 1. The van der Waals surface area contributed by atoms with Gasteiger partial charge in [-0.15, -0.1) is 0 Å². The molecule has 0 bridgehead atoms. The van der Waals surface area contributed by atoms with Crippen LogP contribution in [0.4, 0.5) is 5.69 Å². The van der Waals surface area contributed by atoms with Crippen LogP contribution in [0.2, 0.25) is 0 Å². The number of halogens is 1. The van der Waals surface area contributed by atoms with Gasteiger partial charge in [-0.2, -0.15) is 0 Å². The Kier molecular flexibility index (Phi) is 3.33. The number of nitrogens with zero attached hydrogens (tertiary/aromatic N) is 1. The molecule has 5 nitrogen and oxygen atoms in total. The number of anilines is 1. The maximum atomic E-state index is 11.9. The quantitative estimate of drug-likeness (QED) is 0.850. The molecule has 1 aliphatic heterocycles. The normalized spacial score (nSPS) is 17.4. The Hall–Kier alpha value is -1.69. The van der Waals surface area contributed by atoms with Crippen molar-refractivity contribution in [3.8, 4) is 0 Å². The SMILES string of the molecule is O=C(CCN1C(=O)C(=O)c2ccc(Br)cc21)NC1CC1. The van der Waals surface area contributed by atoms with Crippen LogP contribution in [0.25, 0.3) is 0 Å². The number of amides is 2. The van der Waals surface area contributed by atoms with Crippen LogP contribution in [0, 0.1) is 0 Å². The summed E-state index contributed by atoms with van der Waals surface area (Å²) in [4.78, 5) is 36.9. The molecular weight excluding hydrogens is 324 g/mol. The Bertz CT molecular complexity index is 610. The maximum Gasteiger partial charge on any atom is 0.299 e. The van der Waals surface area contributed by atoms with E-state index in [-0.39, 0.29) is 18.9 Å². The van der Waals surface area contributed by atoms with E-state index < -0.39 is 11.7 Å². The van der Waals surface area contributed by atoms with Gasteiger partial charge in [0, 0.05) is 23.5 Å². The minimum absolute atomic E-state index is 0.0730. The Balaban J connectivity index is 1.73. The minimum atomic E-state index is -0.558. The molecule has 104 valence electrons. The van der Waals surface area contributed by atoms with Crippen molar-refractivity contribution >= 4 is 39.2 Å². The molecule has 2 amide bonds. The fourth-order valence-electron chi connectivity index (χ4n) is 2.23. The molecule has 1 aliphatic carbocycles. The van der Waals surface area contributed by atoms with Gasteiger partial charge >= 0.3 is 0 Å². The summed E-state index contributed by atoms with van der Waals surface area (Å²) in [7, 11) is 0. The summed E-state index contributed by atoms with van der Waals surface area (Å²) in [5, 5.41) is 2.87. The molecule has 0 radical (unpaired) electrons. The fraction of sp³-hybridized carbons (Fsp3) is 0.357. The van der Waals surface area contributed by atoms with Crippen LogP contribution in [0.5, 0.6) is 0 Å². The van der Waals surface area contributed by atoms with Gasteiger partial charge in [-0.05, 0) is 31.0 Å². The Morgan fingerprint density at radius 2 is 2.10 bits per heavy atom. The van der Waals surface area contributed by atoms with Gasteiger partial charge in [0.05, 0.1) is 11.3 Å². The van der Waals surface area contributed by atoms with Crippen LogP contribution < -0.4 is 10.2 Å². The van der Waals surface area contributed by atoms with E-state index in [0.717, 1.165) is 17.3 Å². The molecule has 0 unspecified atom stereocenters. The number of carbonyl (C=O) groups is 3. The van der Waals surface area contributed by atoms with Crippen molar-refractivity contribution in [3.63, 3.8) is 0 Å². The lowest BCUT2D eigenvalue weighted by atomic mass is 10.1. The average molecular weight is 337 g/mol. The molecular formula is C14H13BrN2O3. The Labute approximate surface area is 124 Å². The van der Waals surface area contributed by atoms with Crippen molar-refractivity contribution in [1.29, 1.82) is 0 Å². The highest BCUT2D eigenvalue weighted by atomic mass is 79.9. The third-order valence-corrected chi connectivity index (χ3v) is 3.93. The van der Waals surface area contributed by atoms with Crippen LogP contribution in [0.1, 0.15) is 29.6 Å². The first-order valence-electron chi connectivity index (χ1n) is 6.51. The number of fused-ring (bicyclic) bond motifs is 1.